The van der Waals surface area contributed by atoms with Gasteiger partial charge >= 0.3 is 0 Å². The number of H-pyrrole nitrogens is 1. The smallest absolute Gasteiger partial charge is 0.254 e. The molecule has 0 aliphatic heterocycles. The van der Waals surface area contributed by atoms with Gasteiger partial charge in [-0.1, -0.05) is 13.8 Å². The number of aromatic hydroxyl groups is 1. The molecule has 20 heavy (non-hydrogen) atoms. The van der Waals surface area contributed by atoms with Gasteiger partial charge in [-0.25, -0.2) is 4.98 Å². The summed E-state index contributed by atoms with van der Waals surface area (Å²) in [7, 11) is 1.47. The minimum absolute atomic E-state index is 0.0501. The van der Waals surface area contributed by atoms with Crippen LogP contribution in [0.3, 0.4) is 0 Å². The molecule has 1 aromatic heterocycles. The molecule has 1 aromatic carbocycles. The molecule has 0 radical (unpaired) electrons. The van der Waals surface area contributed by atoms with Gasteiger partial charge in [0.25, 0.3) is 5.56 Å². The molecule has 0 bridgehead atoms. The van der Waals surface area contributed by atoms with E-state index in [4.69, 9.17) is 4.74 Å². The monoisotopic (exact) mass is 274 g/mol. The number of phenols is 1. The van der Waals surface area contributed by atoms with Gasteiger partial charge in [-0.15, -0.1) is 0 Å². The van der Waals surface area contributed by atoms with Crippen LogP contribution in [0, 0.1) is 6.92 Å². The summed E-state index contributed by atoms with van der Waals surface area (Å²) in [5, 5.41) is 9.59. The minimum Gasteiger partial charge on any atom is -0.504 e. The van der Waals surface area contributed by atoms with Crippen LogP contribution in [0.1, 0.15) is 31.0 Å². The SMILES string of the molecule is COc1cc(-c2nc(C)c(C(C)C)c(=O)[nH]2)ccc1O. The zero-order valence-corrected chi connectivity index (χ0v) is 12.0. The number of nitrogens with one attached hydrogen (secondary N) is 1. The van der Waals surface area contributed by atoms with Crippen molar-refractivity contribution in [3.05, 3.63) is 39.8 Å². The highest BCUT2D eigenvalue weighted by Crippen LogP contribution is 2.30. The number of aryl methyl sites for hydroxylation is 1. The van der Waals surface area contributed by atoms with Gasteiger partial charge < -0.3 is 14.8 Å². The average molecular weight is 274 g/mol. The largest absolute Gasteiger partial charge is 0.504 e. The molecule has 0 saturated carbocycles. The molecular formula is C15H18N2O3. The molecule has 2 aromatic rings. The van der Waals surface area contributed by atoms with Crippen LogP contribution in [-0.4, -0.2) is 22.2 Å². The lowest BCUT2D eigenvalue weighted by atomic mass is 10.0. The first-order valence-corrected chi connectivity index (χ1v) is 6.42. The lowest BCUT2D eigenvalue weighted by Gasteiger charge is -2.11. The number of aromatic nitrogens is 2. The van der Waals surface area contributed by atoms with Crippen LogP contribution in [0.4, 0.5) is 0 Å². The van der Waals surface area contributed by atoms with Crippen LogP contribution in [-0.2, 0) is 0 Å². The fourth-order valence-electron chi connectivity index (χ4n) is 2.24. The van der Waals surface area contributed by atoms with Gasteiger partial charge in [0.2, 0.25) is 0 Å². The van der Waals surface area contributed by atoms with Gasteiger partial charge in [-0.05, 0) is 31.0 Å². The van der Waals surface area contributed by atoms with E-state index in [1.165, 1.54) is 13.2 Å². The third-order valence-electron chi connectivity index (χ3n) is 3.18. The molecule has 0 fully saturated rings. The molecule has 1 heterocycles. The Morgan fingerprint density at radius 2 is 2.05 bits per heavy atom. The number of hydrogen-bond donors (Lipinski definition) is 2. The first kappa shape index (κ1) is 14.1. The van der Waals surface area contributed by atoms with Crippen LogP contribution in [0.25, 0.3) is 11.4 Å². The number of benzene rings is 1. The van der Waals surface area contributed by atoms with Gasteiger partial charge in [0.05, 0.1) is 7.11 Å². The molecule has 0 aliphatic carbocycles. The van der Waals surface area contributed by atoms with Gasteiger partial charge in [-0.3, -0.25) is 4.79 Å². The summed E-state index contributed by atoms with van der Waals surface area (Å²) in [6, 6.07) is 4.84. The van der Waals surface area contributed by atoms with Crippen molar-refractivity contribution in [2.45, 2.75) is 26.7 Å². The summed E-state index contributed by atoms with van der Waals surface area (Å²) in [4.78, 5) is 19.3. The minimum atomic E-state index is -0.130. The first-order chi connectivity index (χ1) is 9.43. The summed E-state index contributed by atoms with van der Waals surface area (Å²) in [6.07, 6.45) is 0. The zero-order chi connectivity index (χ0) is 14.9. The van der Waals surface area contributed by atoms with E-state index in [-0.39, 0.29) is 17.2 Å². The predicted octanol–water partition coefficient (Wildman–Crippen LogP) is 2.58. The molecule has 0 amide bonds. The maximum atomic E-state index is 12.1. The fraction of sp³-hybridized carbons (Fsp3) is 0.333. The number of methoxy groups -OCH3 is 1. The van der Waals surface area contributed by atoms with E-state index in [2.05, 4.69) is 9.97 Å². The molecule has 5 nitrogen and oxygen atoms in total. The van der Waals surface area contributed by atoms with Crippen LogP contribution < -0.4 is 10.3 Å². The van der Waals surface area contributed by atoms with E-state index >= 15 is 0 Å². The molecule has 0 aliphatic rings. The second-order valence-corrected chi connectivity index (χ2v) is 4.95. The lowest BCUT2D eigenvalue weighted by molar-refractivity contribution is 0.373. The van der Waals surface area contributed by atoms with Crippen molar-refractivity contribution >= 4 is 0 Å². The Kier molecular flexibility index (Phi) is 3.79. The number of hydrogen-bond acceptors (Lipinski definition) is 4. The lowest BCUT2D eigenvalue weighted by Crippen LogP contribution is -2.18. The van der Waals surface area contributed by atoms with E-state index in [1.54, 1.807) is 12.1 Å². The highest BCUT2D eigenvalue weighted by Gasteiger charge is 2.13. The number of ether oxygens (including phenoxy) is 1. The molecule has 0 spiro atoms. The molecule has 0 atom stereocenters. The first-order valence-electron chi connectivity index (χ1n) is 6.42. The molecule has 2 rings (SSSR count). The Hall–Kier alpha value is -2.30. The Balaban J connectivity index is 2.57. The second-order valence-electron chi connectivity index (χ2n) is 4.95. The van der Waals surface area contributed by atoms with Gasteiger partial charge in [-0.2, -0.15) is 0 Å². The quantitative estimate of drug-likeness (QED) is 0.902. The third kappa shape index (κ3) is 2.52. The molecule has 5 heteroatoms. The topological polar surface area (TPSA) is 75.2 Å². The van der Waals surface area contributed by atoms with Crippen LogP contribution >= 0.6 is 0 Å². The fourth-order valence-corrected chi connectivity index (χ4v) is 2.24. The molecule has 0 unspecified atom stereocenters. The molecular weight excluding hydrogens is 256 g/mol. The van der Waals surface area contributed by atoms with Crippen molar-refractivity contribution in [3.8, 4) is 22.9 Å². The van der Waals surface area contributed by atoms with Crippen LogP contribution in [0.5, 0.6) is 11.5 Å². The molecule has 0 saturated heterocycles. The van der Waals surface area contributed by atoms with E-state index in [1.807, 2.05) is 20.8 Å². The number of nitrogens with zero attached hydrogens (tertiary/aromatic N) is 1. The van der Waals surface area contributed by atoms with Crippen molar-refractivity contribution in [2.75, 3.05) is 7.11 Å². The van der Waals surface area contributed by atoms with Crippen molar-refractivity contribution in [2.24, 2.45) is 0 Å². The summed E-state index contributed by atoms with van der Waals surface area (Å²) in [5.74, 6) is 0.981. The van der Waals surface area contributed by atoms with Crippen molar-refractivity contribution in [1.29, 1.82) is 0 Å². The Morgan fingerprint density at radius 3 is 2.60 bits per heavy atom. The van der Waals surface area contributed by atoms with Gasteiger partial charge in [0, 0.05) is 16.8 Å². The van der Waals surface area contributed by atoms with Crippen molar-refractivity contribution < 1.29 is 9.84 Å². The Bertz CT molecular complexity index is 690. The highest BCUT2D eigenvalue weighted by molar-refractivity contribution is 5.61. The Labute approximate surface area is 117 Å². The predicted molar refractivity (Wildman–Crippen MR) is 77.3 cm³/mol. The number of phenolic OH excluding ortho intramolecular Hbond substituents is 1. The Morgan fingerprint density at radius 1 is 1.35 bits per heavy atom. The summed E-state index contributed by atoms with van der Waals surface area (Å²) in [5.41, 5.74) is 1.97. The number of rotatable bonds is 3. The second kappa shape index (κ2) is 5.36. The van der Waals surface area contributed by atoms with E-state index in [9.17, 15) is 9.90 Å². The summed E-state index contributed by atoms with van der Waals surface area (Å²) >= 11 is 0. The third-order valence-corrected chi connectivity index (χ3v) is 3.18. The summed E-state index contributed by atoms with van der Waals surface area (Å²) < 4.78 is 5.06. The van der Waals surface area contributed by atoms with Crippen molar-refractivity contribution in [1.82, 2.24) is 9.97 Å². The maximum absolute atomic E-state index is 12.1. The van der Waals surface area contributed by atoms with Gasteiger partial charge in [0.1, 0.15) is 5.82 Å². The van der Waals surface area contributed by atoms with Crippen LogP contribution in [0.15, 0.2) is 23.0 Å². The zero-order valence-electron chi connectivity index (χ0n) is 12.0. The summed E-state index contributed by atoms with van der Waals surface area (Å²) in [6.45, 7) is 5.75. The normalized spacial score (nSPS) is 10.8. The van der Waals surface area contributed by atoms with E-state index in [0.29, 0.717) is 28.4 Å². The van der Waals surface area contributed by atoms with Gasteiger partial charge in [0.15, 0.2) is 11.5 Å². The molecule has 106 valence electrons. The standard InChI is InChI=1S/C15H18N2O3/c1-8(2)13-9(3)16-14(17-15(13)19)10-5-6-11(18)12(7-10)20-4/h5-8,18H,1-4H3,(H,16,17,19). The maximum Gasteiger partial charge on any atom is 0.254 e. The molecule has 2 N–H and O–H groups in total. The highest BCUT2D eigenvalue weighted by atomic mass is 16.5. The van der Waals surface area contributed by atoms with E-state index in [0.717, 1.165) is 0 Å². The van der Waals surface area contributed by atoms with Crippen molar-refractivity contribution in [3.63, 3.8) is 0 Å². The van der Waals surface area contributed by atoms with E-state index < -0.39 is 0 Å². The average Bonchev–Trinajstić information content (AvgIpc) is 2.37. The number of aromatic amines is 1. The van der Waals surface area contributed by atoms with Crippen LogP contribution in [0.2, 0.25) is 0 Å².